The number of rotatable bonds is 1. The SMILES string of the molecule is Cc1nc(C(N)=O)c2cc(F)ccc2n1. The molecule has 0 unspecified atom stereocenters. The van der Waals surface area contributed by atoms with Gasteiger partial charge in [-0.2, -0.15) is 0 Å². The van der Waals surface area contributed by atoms with Crippen LogP contribution in [0.15, 0.2) is 18.2 Å². The number of carbonyl (C=O) groups is 1. The number of amides is 1. The van der Waals surface area contributed by atoms with E-state index in [2.05, 4.69) is 9.97 Å². The van der Waals surface area contributed by atoms with E-state index in [4.69, 9.17) is 5.73 Å². The van der Waals surface area contributed by atoms with Crippen LogP contribution >= 0.6 is 0 Å². The summed E-state index contributed by atoms with van der Waals surface area (Å²) < 4.78 is 13.0. The standard InChI is InChI=1S/C10H8FN3O/c1-5-13-8-3-2-6(11)4-7(8)9(14-5)10(12)15/h2-4H,1H3,(H2,12,15). The highest BCUT2D eigenvalue weighted by molar-refractivity contribution is 6.03. The Morgan fingerprint density at radius 3 is 2.80 bits per heavy atom. The minimum atomic E-state index is -0.684. The predicted molar refractivity (Wildman–Crippen MR) is 52.8 cm³/mol. The summed E-state index contributed by atoms with van der Waals surface area (Å²) in [7, 11) is 0. The maximum atomic E-state index is 13.0. The Labute approximate surface area is 84.9 Å². The number of carbonyl (C=O) groups excluding carboxylic acids is 1. The van der Waals surface area contributed by atoms with Gasteiger partial charge in [0.15, 0.2) is 0 Å². The van der Waals surface area contributed by atoms with Crippen molar-refractivity contribution in [1.29, 1.82) is 0 Å². The number of primary amides is 1. The van der Waals surface area contributed by atoms with Crippen LogP contribution in [0.2, 0.25) is 0 Å². The molecule has 5 heteroatoms. The van der Waals surface area contributed by atoms with Gasteiger partial charge in [-0.1, -0.05) is 0 Å². The number of hydrogen-bond donors (Lipinski definition) is 1. The molecule has 0 bridgehead atoms. The van der Waals surface area contributed by atoms with Crippen LogP contribution in [-0.2, 0) is 0 Å². The second-order valence-corrected chi connectivity index (χ2v) is 3.15. The third kappa shape index (κ3) is 1.63. The normalized spacial score (nSPS) is 10.5. The van der Waals surface area contributed by atoms with E-state index in [-0.39, 0.29) is 5.69 Å². The molecule has 2 N–H and O–H groups in total. The van der Waals surface area contributed by atoms with Crippen molar-refractivity contribution in [2.45, 2.75) is 6.92 Å². The van der Waals surface area contributed by atoms with E-state index in [9.17, 15) is 9.18 Å². The van der Waals surface area contributed by atoms with Crippen LogP contribution in [0.4, 0.5) is 4.39 Å². The van der Waals surface area contributed by atoms with Gasteiger partial charge < -0.3 is 5.73 Å². The van der Waals surface area contributed by atoms with Gasteiger partial charge in [0.05, 0.1) is 5.52 Å². The fraction of sp³-hybridized carbons (Fsp3) is 0.100. The summed E-state index contributed by atoms with van der Waals surface area (Å²) in [6.45, 7) is 1.65. The van der Waals surface area contributed by atoms with Gasteiger partial charge in [0.1, 0.15) is 17.3 Å². The number of benzene rings is 1. The lowest BCUT2D eigenvalue weighted by molar-refractivity contribution is 0.0997. The van der Waals surface area contributed by atoms with Crippen molar-refractivity contribution in [3.63, 3.8) is 0 Å². The molecule has 15 heavy (non-hydrogen) atoms. The molecule has 0 spiro atoms. The molecular weight excluding hydrogens is 197 g/mol. The van der Waals surface area contributed by atoms with Gasteiger partial charge in [-0.25, -0.2) is 14.4 Å². The molecule has 0 aliphatic carbocycles. The van der Waals surface area contributed by atoms with Gasteiger partial charge >= 0.3 is 0 Å². The number of nitrogens with two attached hydrogens (primary N) is 1. The van der Waals surface area contributed by atoms with E-state index in [0.717, 1.165) is 0 Å². The molecule has 1 aromatic carbocycles. The van der Waals surface area contributed by atoms with Gasteiger partial charge in [0, 0.05) is 5.39 Å². The van der Waals surface area contributed by atoms with Crippen molar-refractivity contribution in [3.05, 3.63) is 35.5 Å². The maximum Gasteiger partial charge on any atom is 0.268 e. The fourth-order valence-corrected chi connectivity index (χ4v) is 1.40. The summed E-state index contributed by atoms with van der Waals surface area (Å²) in [4.78, 5) is 19.1. The number of hydrogen-bond acceptors (Lipinski definition) is 3. The summed E-state index contributed by atoms with van der Waals surface area (Å²) in [5.74, 6) is -0.698. The Bertz CT molecular complexity index is 554. The smallest absolute Gasteiger partial charge is 0.268 e. The molecule has 0 saturated heterocycles. The highest BCUT2D eigenvalue weighted by atomic mass is 19.1. The molecule has 2 aromatic rings. The molecule has 0 aliphatic heterocycles. The van der Waals surface area contributed by atoms with Crippen LogP contribution in [0.1, 0.15) is 16.3 Å². The highest BCUT2D eigenvalue weighted by Crippen LogP contribution is 2.16. The van der Waals surface area contributed by atoms with Crippen molar-refractivity contribution >= 4 is 16.8 Å². The Balaban J connectivity index is 2.87. The molecule has 1 amide bonds. The first-order valence-electron chi connectivity index (χ1n) is 4.31. The van der Waals surface area contributed by atoms with Crippen LogP contribution < -0.4 is 5.73 Å². The topological polar surface area (TPSA) is 68.9 Å². The molecule has 0 fully saturated rings. The summed E-state index contributed by atoms with van der Waals surface area (Å²) in [5.41, 5.74) is 5.71. The first-order valence-corrected chi connectivity index (χ1v) is 4.31. The monoisotopic (exact) mass is 205 g/mol. The summed E-state index contributed by atoms with van der Waals surface area (Å²) in [6.07, 6.45) is 0. The van der Waals surface area contributed by atoms with Crippen LogP contribution in [0.5, 0.6) is 0 Å². The fourth-order valence-electron chi connectivity index (χ4n) is 1.40. The molecule has 2 rings (SSSR count). The van der Waals surface area contributed by atoms with Crippen LogP contribution in [0.25, 0.3) is 10.9 Å². The Hall–Kier alpha value is -2.04. The average molecular weight is 205 g/mol. The average Bonchev–Trinajstić information content (AvgIpc) is 2.17. The van der Waals surface area contributed by atoms with Crippen LogP contribution in [-0.4, -0.2) is 15.9 Å². The number of fused-ring (bicyclic) bond motifs is 1. The van der Waals surface area contributed by atoms with Crippen molar-refractivity contribution in [2.24, 2.45) is 5.73 Å². The zero-order valence-corrected chi connectivity index (χ0v) is 7.99. The first-order chi connectivity index (χ1) is 7.08. The van der Waals surface area contributed by atoms with E-state index in [1.165, 1.54) is 18.2 Å². The second-order valence-electron chi connectivity index (χ2n) is 3.15. The van der Waals surface area contributed by atoms with Crippen molar-refractivity contribution in [2.75, 3.05) is 0 Å². The molecule has 1 heterocycles. The summed E-state index contributed by atoms with van der Waals surface area (Å²) in [6, 6.07) is 3.97. The van der Waals surface area contributed by atoms with Gasteiger partial charge in [0.2, 0.25) is 0 Å². The number of aromatic nitrogens is 2. The highest BCUT2D eigenvalue weighted by Gasteiger charge is 2.11. The Morgan fingerprint density at radius 2 is 2.13 bits per heavy atom. The van der Waals surface area contributed by atoms with Crippen molar-refractivity contribution < 1.29 is 9.18 Å². The van der Waals surface area contributed by atoms with Crippen LogP contribution in [0.3, 0.4) is 0 Å². The van der Waals surface area contributed by atoms with E-state index in [1.807, 2.05) is 0 Å². The predicted octanol–water partition coefficient (Wildman–Crippen LogP) is 1.18. The number of halogens is 1. The molecule has 0 saturated carbocycles. The maximum absolute atomic E-state index is 13.0. The summed E-state index contributed by atoms with van der Waals surface area (Å²) >= 11 is 0. The molecule has 0 radical (unpaired) electrons. The minimum Gasteiger partial charge on any atom is -0.364 e. The zero-order chi connectivity index (χ0) is 11.0. The lowest BCUT2D eigenvalue weighted by Crippen LogP contribution is -2.15. The summed E-state index contributed by atoms with van der Waals surface area (Å²) in [5, 5.41) is 0.341. The lowest BCUT2D eigenvalue weighted by Gasteiger charge is -2.03. The van der Waals surface area contributed by atoms with Crippen LogP contribution in [0, 0.1) is 12.7 Å². The molecule has 0 aliphatic rings. The lowest BCUT2D eigenvalue weighted by atomic mass is 10.1. The second kappa shape index (κ2) is 3.27. The minimum absolute atomic E-state index is 0.0528. The zero-order valence-electron chi connectivity index (χ0n) is 7.99. The van der Waals surface area contributed by atoms with Gasteiger partial charge in [-0.3, -0.25) is 4.79 Å². The number of nitrogens with zero attached hydrogens (tertiary/aromatic N) is 2. The van der Waals surface area contributed by atoms with Crippen molar-refractivity contribution in [3.8, 4) is 0 Å². The molecule has 76 valence electrons. The van der Waals surface area contributed by atoms with Gasteiger partial charge in [0.25, 0.3) is 5.91 Å². The van der Waals surface area contributed by atoms with Crippen molar-refractivity contribution in [1.82, 2.24) is 9.97 Å². The first kappa shape index (κ1) is 9.51. The largest absolute Gasteiger partial charge is 0.364 e. The van der Waals surface area contributed by atoms with E-state index >= 15 is 0 Å². The van der Waals surface area contributed by atoms with Gasteiger partial charge in [-0.05, 0) is 25.1 Å². The van der Waals surface area contributed by atoms with E-state index in [1.54, 1.807) is 6.92 Å². The molecule has 4 nitrogen and oxygen atoms in total. The third-order valence-electron chi connectivity index (χ3n) is 2.00. The third-order valence-corrected chi connectivity index (χ3v) is 2.00. The van der Waals surface area contributed by atoms with Gasteiger partial charge in [-0.15, -0.1) is 0 Å². The number of aryl methyl sites for hydroxylation is 1. The molecular formula is C10H8FN3O. The van der Waals surface area contributed by atoms with E-state index in [0.29, 0.717) is 16.7 Å². The Morgan fingerprint density at radius 1 is 1.40 bits per heavy atom. The molecule has 1 aromatic heterocycles. The Kier molecular flexibility index (Phi) is 2.07. The van der Waals surface area contributed by atoms with E-state index < -0.39 is 11.7 Å². The molecule has 0 atom stereocenters. The quantitative estimate of drug-likeness (QED) is 0.759.